The molecule has 0 radical (unpaired) electrons. The number of hydrogen-bond acceptors (Lipinski definition) is 3. The maximum atomic E-state index is 5.16. The van der Waals surface area contributed by atoms with E-state index in [2.05, 4.69) is 24.1 Å². The third-order valence-electron chi connectivity index (χ3n) is 3.09. The van der Waals surface area contributed by atoms with Crippen LogP contribution in [0.25, 0.3) is 0 Å². The molecule has 90 valence electrons. The van der Waals surface area contributed by atoms with E-state index in [-0.39, 0.29) is 0 Å². The summed E-state index contributed by atoms with van der Waals surface area (Å²) < 4.78 is 5.16. The Morgan fingerprint density at radius 2 is 2.20 bits per heavy atom. The number of hydrogen-bond donors (Lipinski definition) is 1. The topological polar surface area (TPSA) is 24.5 Å². The summed E-state index contributed by atoms with van der Waals surface area (Å²) in [4.78, 5) is 2.57. The van der Waals surface area contributed by atoms with E-state index in [0.29, 0.717) is 6.04 Å². The average Bonchev–Trinajstić information content (AvgIpc) is 2.24. The largest absolute Gasteiger partial charge is 0.383 e. The van der Waals surface area contributed by atoms with Crippen LogP contribution in [0.4, 0.5) is 0 Å². The van der Waals surface area contributed by atoms with Crippen LogP contribution in [0.2, 0.25) is 0 Å². The van der Waals surface area contributed by atoms with Gasteiger partial charge < -0.3 is 10.1 Å². The summed E-state index contributed by atoms with van der Waals surface area (Å²) in [5.41, 5.74) is 0. The zero-order valence-corrected chi connectivity index (χ0v) is 10.5. The average molecular weight is 214 g/mol. The highest BCUT2D eigenvalue weighted by Gasteiger charge is 2.21. The summed E-state index contributed by atoms with van der Waals surface area (Å²) in [6, 6.07) is 1.31. The number of methoxy groups -OCH3 is 1. The predicted octanol–water partition coefficient (Wildman–Crippen LogP) is 1.49. The SMILES string of the molecule is COCCN1CCCCC1CNC(C)C. The third-order valence-corrected chi connectivity index (χ3v) is 3.09. The van der Waals surface area contributed by atoms with Crippen LogP contribution in [-0.4, -0.2) is 50.3 Å². The van der Waals surface area contributed by atoms with Gasteiger partial charge in [0.25, 0.3) is 0 Å². The molecule has 0 aromatic heterocycles. The van der Waals surface area contributed by atoms with Gasteiger partial charge in [-0.2, -0.15) is 0 Å². The lowest BCUT2D eigenvalue weighted by Crippen LogP contribution is -2.47. The molecule has 3 nitrogen and oxygen atoms in total. The molecule has 0 aromatic carbocycles. The van der Waals surface area contributed by atoms with Crippen LogP contribution in [-0.2, 0) is 4.74 Å². The van der Waals surface area contributed by atoms with Gasteiger partial charge in [-0.25, -0.2) is 0 Å². The second kappa shape index (κ2) is 7.20. The van der Waals surface area contributed by atoms with Crippen LogP contribution in [0.15, 0.2) is 0 Å². The molecule has 1 unspecified atom stereocenters. The molecule has 0 aliphatic carbocycles. The van der Waals surface area contributed by atoms with Gasteiger partial charge in [-0.1, -0.05) is 20.3 Å². The van der Waals surface area contributed by atoms with Crippen molar-refractivity contribution in [1.29, 1.82) is 0 Å². The molecule has 0 bridgehead atoms. The first-order valence-electron chi connectivity index (χ1n) is 6.20. The van der Waals surface area contributed by atoms with E-state index < -0.39 is 0 Å². The molecule has 0 amide bonds. The summed E-state index contributed by atoms with van der Waals surface area (Å²) in [7, 11) is 1.78. The number of ether oxygens (including phenoxy) is 1. The number of piperidine rings is 1. The smallest absolute Gasteiger partial charge is 0.0589 e. The molecule has 1 N–H and O–H groups in total. The fourth-order valence-corrected chi connectivity index (χ4v) is 2.17. The Kier molecular flexibility index (Phi) is 6.22. The second-order valence-corrected chi connectivity index (χ2v) is 4.74. The minimum Gasteiger partial charge on any atom is -0.383 e. The fraction of sp³-hybridized carbons (Fsp3) is 1.00. The van der Waals surface area contributed by atoms with Gasteiger partial charge in [0, 0.05) is 32.3 Å². The van der Waals surface area contributed by atoms with Crippen molar-refractivity contribution >= 4 is 0 Å². The molecule has 1 aliphatic rings. The predicted molar refractivity (Wildman–Crippen MR) is 64.2 cm³/mol. The summed E-state index contributed by atoms with van der Waals surface area (Å²) >= 11 is 0. The molecule has 1 atom stereocenters. The number of nitrogens with one attached hydrogen (secondary N) is 1. The van der Waals surface area contributed by atoms with Gasteiger partial charge in [-0.05, 0) is 19.4 Å². The first-order chi connectivity index (χ1) is 7.24. The normalized spacial score (nSPS) is 23.6. The van der Waals surface area contributed by atoms with Crippen molar-refractivity contribution in [3.8, 4) is 0 Å². The molecule has 1 fully saturated rings. The lowest BCUT2D eigenvalue weighted by Gasteiger charge is -2.36. The van der Waals surface area contributed by atoms with Crippen molar-refractivity contribution in [3.05, 3.63) is 0 Å². The lowest BCUT2D eigenvalue weighted by atomic mass is 10.0. The molecular weight excluding hydrogens is 188 g/mol. The van der Waals surface area contributed by atoms with Crippen molar-refractivity contribution in [2.24, 2.45) is 0 Å². The van der Waals surface area contributed by atoms with Crippen LogP contribution >= 0.6 is 0 Å². The minimum atomic E-state index is 0.594. The van der Waals surface area contributed by atoms with E-state index in [9.17, 15) is 0 Å². The first kappa shape index (κ1) is 12.9. The van der Waals surface area contributed by atoms with Gasteiger partial charge in [-0.3, -0.25) is 4.90 Å². The Morgan fingerprint density at radius 1 is 1.40 bits per heavy atom. The highest BCUT2D eigenvalue weighted by Crippen LogP contribution is 2.15. The summed E-state index contributed by atoms with van der Waals surface area (Å²) in [5.74, 6) is 0. The van der Waals surface area contributed by atoms with E-state index in [0.717, 1.165) is 25.7 Å². The zero-order chi connectivity index (χ0) is 11.1. The standard InChI is InChI=1S/C12H26N2O/c1-11(2)13-10-12-6-4-5-7-14(12)8-9-15-3/h11-13H,4-10H2,1-3H3. The number of rotatable bonds is 6. The van der Waals surface area contributed by atoms with E-state index in [4.69, 9.17) is 4.74 Å². The van der Waals surface area contributed by atoms with Gasteiger partial charge in [0.15, 0.2) is 0 Å². The van der Waals surface area contributed by atoms with Crippen LogP contribution < -0.4 is 5.32 Å². The zero-order valence-electron chi connectivity index (χ0n) is 10.5. The van der Waals surface area contributed by atoms with Crippen molar-refractivity contribution in [3.63, 3.8) is 0 Å². The Hall–Kier alpha value is -0.120. The van der Waals surface area contributed by atoms with E-state index in [1.54, 1.807) is 7.11 Å². The van der Waals surface area contributed by atoms with Crippen molar-refractivity contribution < 1.29 is 4.74 Å². The molecule has 0 aromatic rings. The number of nitrogens with zero attached hydrogens (tertiary/aromatic N) is 1. The maximum Gasteiger partial charge on any atom is 0.0589 e. The summed E-state index contributed by atoms with van der Waals surface area (Å²) in [6.07, 6.45) is 4.07. The minimum absolute atomic E-state index is 0.594. The van der Waals surface area contributed by atoms with Crippen molar-refractivity contribution in [2.75, 3.05) is 33.4 Å². The van der Waals surface area contributed by atoms with Crippen LogP contribution in [0.1, 0.15) is 33.1 Å². The quantitative estimate of drug-likeness (QED) is 0.725. The molecule has 1 heterocycles. The Balaban J connectivity index is 2.29. The molecule has 15 heavy (non-hydrogen) atoms. The van der Waals surface area contributed by atoms with Gasteiger partial charge in [0.2, 0.25) is 0 Å². The van der Waals surface area contributed by atoms with E-state index >= 15 is 0 Å². The van der Waals surface area contributed by atoms with Crippen LogP contribution in [0.3, 0.4) is 0 Å². The third kappa shape index (κ3) is 4.96. The molecule has 0 saturated carbocycles. The molecule has 1 aliphatic heterocycles. The molecule has 3 heteroatoms. The fourth-order valence-electron chi connectivity index (χ4n) is 2.17. The van der Waals surface area contributed by atoms with Crippen LogP contribution in [0, 0.1) is 0 Å². The van der Waals surface area contributed by atoms with Gasteiger partial charge in [0.05, 0.1) is 6.61 Å². The second-order valence-electron chi connectivity index (χ2n) is 4.74. The lowest BCUT2D eigenvalue weighted by molar-refractivity contribution is 0.0945. The molecule has 1 saturated heterocycles. The van der Waals surface area contributed by atoms with E-state index in [1.165, 1.54) is 25.8 Å². The molecule has 1 rings (SSSR count). The molecular formula is C12H26N2O. The summed E-state index contributed by atoms with van der Waals surface area (Å²) in [6.45, 7) is 8.74. The molecule has 0 spiro atoms. The van der Waals surface area contributed by atoms with Gasteiger partial charge in [0.1, 0.15) is 0 Å². The highest BCUT2D eigenvalue weighted by molar-refractivity contribution is 4.79. The Morgan fingerprint density at radius 3 is 2.87 bits per heavy atom. The van der Waals surface area contributed by atoms with Crippen LogP contribution in [0.5, 0.6) is 0 Å². The Labute approximate surface area is 94.2 Å². The highest BCUT2D eigenvalue weighted by atomic mass is 16.5. The van der Waals surface area contributed by atoms with Crippen molar-refractivity contribution in [2.45, 2.75) is 45.2 Å². The first-order valence-corrected chi connectivity index (χ1v) is 6.20. The van der Waals surface area contributed by atoms with E-state index in [1.807, 2.05) is 0 Å². The van der Waals surface area contributed by atoms with Gasteiger partial charge >= 0.3 is 0 Å². The number of likely N-dealkylation sites (tertiary alicyclic amines) is 1. The Bertz CT molecular complexity index is 162. The van der Waals surface area contributed by atoms with Crippen molar-refractivity contribution in [1.82, 2.24) is 10.2 Å². The summed E-state index contributed by atoms with van der Waals surface area (Å²) in [5, 5.41) is 3.54. The van der Waals surface area contributed by atoms with Gasteiger partial charge in [-0.15, -0.1) is 0 Å². The maximum absolute atomic E-state index is 5.16. The monoisotopic (exact) mass is 214 g/mol.